The van der Waals surface area contributed by atoms with Crippen LogP contribution in [0.25, 0.3) is 11.3 Å². The highest BCUT2D eigenvalue weighted by molar-refractivity contribution is 5.58. The molecule has 6 nitrogen and oxygen atoms in total. The maximum absolute atomic E-state index is 10.6. The minimum atomic E-state index is -0.333. The van der Waals surface area contributed by atoms with Gasteiger partial charge in [-0.15, -0.1) is 0 Å². The van der Waals surface area contributed by atoms with Crippen LogP contribution in [0.3, 0.4) is 0 Å². The molecular formula is C22H25N5O. The van der Waals surface area contributed by atoms with E-state index in [1.807, 2.05) is 29.1 Å². The number of likely N-dealkylation sites (tertiary alicyclic amines) is 1. The summed E-state index contributed by atoms with van der Waals surface area (Å²) in [6.07, 6.45) is 6.60. The molecule has 1 saturated heterocycles. The molecule has 5 rings (SSSR count). The highest BCUT2D eigenvalue weighted by Gasteiger charge is 2.42. The van der Waals surface area contributed by atoms with E-state index in [-0.39, 0.29) is 12.1 Å². The number of rotatable bonds is 4. The lowest BCUT2D eigenvalue weighted by Gasteiger charge is -2.35. The van der Waals surface area contributed by atoms with Crippen LogP contribution in [-0.2, 0) is 6.54 Å². The summed E-state index contributed by atoms with van der Waals surface area (Å²) in [5.74, 6) is 1.19. The number of benzene rings is 1. The second-order valence-electron chi connectivity index (χ2n) is 8.11. The predicted octanol–water partition coefficient (Wildman–Crippen LogP) is 2.78. The zero-order valence-corrected chi connectivity index (χ0v) is 15.8. The van der Waals surface area contributed by atoms with E-state index in [0.717, 1.165) is 43.7 Å². The molecule has 6 heteroatoms. The van der Waals surface area contributed by atoms with Crippen LogP contribution >= 0.6 is 0 Å². The van der Waals surface area contributed by atoms with E-state index in [4.69, 9.17) is 0 Å². The number of fused-ring (bicyclic) bond motifs is 1. The summed E-state index contributed by atoms with van der Waals surface area (Å²) < 4.78 is 1.83. The Labute approximate surface area is 164 Å². The molecule has 2 aliphatic rings. The number of aliphatic hydroxyl groups excluding tert-OH is 1. The van der Waals surface area contributed by atoms with Crippen molar-refractivity contribution < 1.29 is 5.11 Å². The Morgan fingerprint density at radius 2 is 1.82 bits per heavy atom. The van der Waals surface area contributed by atoms with E-state index < -0.39 is 0 Å². The number of aromatic nitrogens is 4. The molecule has 4 atom stereocenters. The van der Waals surface area contributed by atoms with Crippen molar-refractivity contribution in [2.75, 3.05) is 13.1 Å². The molecule has 3 heterocycles. The second-order valence-corrected chi connectivity index (χ2v) is 8.11. The Bertz CT molecular complexity index is 896. The standard InChI is InChI=1S/C22H25N5O/c28-22-10-19-13-26(12-18(19)9-21(22)27-15-23-14-25-27)11-16-4-6-17(7-5-16)20-3-1-2-8-24-20/h1-8,14-15,18-19,21-22,28H,9-13H2/t18-,19+,21-,22-/m1/s1. The van der Waals surface area contributed by atoms with Gasteiger partial charge in [-0.05, 0) is 42.4 Å². The third-order valence-corrected chi connectivity index (χ3v) is 6.28. The molecule has 2 fully saturated rings. The first-order valence-electron chi connectivity index (χ1n) is 10.0. The van der Waals surface area contributed by atoms with Gasteiger partial charge in [-0.3, -0.25) is 9.88 Å². The molecular weight excluding hydrogens is 350 g/mol. The SMILES string of the molecule is O[C@@H]1C[C@H]2CN(Cc3ccc(-c4ccccn4)cc3)C[C@H]2C[C@H]1n1cncn1. The number of aliphatic hydroxyl groups is 1. The zero-order valence-electron chi connectivity index (χ0n) is 15.8. The van der Waals surface area contributed by atoms with Crippen molar-refractivity contribution in [3.05, 3.63) is 66.9 Å². The molecule has 3 aromatic rings. The van der Waals surface area contributed by atoms with Gasteiger partial charge < -0.3 is 5.11 Å². The van der Waals surface area contributed by atoms with Gasteiger partial charge in [0.25, 0.3) is 0 Å². The minimum Gasteiger partial charge on any atom is -0.391 e. The van der Waals surface area contributed by atoms with Crippen LogP contribution in [0, 0.1) is 11.8 Å². The first-order chi connectivity index (χ1) is 13.8. The summed E-state index contributed by atoms with van der Waals surface area (Å²) in [6.45, 7) is 3.11. The van der Waals surface area contributed by atoms with Gasteiger partial charge in [-0.25, -0.2) is 9.67 Å². The van der Waals surface area contributed by atoms with Crippen LogP contribution in [0.5, 0.6) is 0 Å². The molecule has 0 amide bonds. The van der Waals surface area contributed by atoms with Crippen LogP contribution in [0.2, 0.25) is 0 Å². The highest BCUT2D eigenvalue weighted by atomic mass is 16.3. The quantitative estimate of drug-likeness (QED) is 0.760. The number of pyridine rings is 1. The number of nitrogens with zero attached hydrogens (tertiary/aromatic N) is 5. The van der Waals surface area contributed by atoms with Crippen molar-refractivity contribution in [2.24, 2.45) is 11.8 Å². The summed E-state index contributed by atoms with van der Waals surface area (Å²) in [5, 5.41) is 14.8. The second kappa shape index (κ2) is 7.45. The van der Waals surface area contributed by atoms with E-state index in [1.165, 1.54) is 5.56 Å². The van der Waals surface area contributed by atoms with E-state index in [2.05, 4.69) is 44.2 Å². The Kier molecular flexibility index (Phi) is 4.66. The van der Waals surface area contributed by atoms with Crippen molar-refractivity contribution in [2.45, 2.75) is 31.5 Å². The topological polar surface area (TPSA) is 67.1 Å². The first-order valence-corrected chi connectivity index (χ1v) is 10.0. The molecule has 1 N–H and O–H groups in total. The zero-order chi connectivity index (χ0) is 18.9. The Morgan fingerprint density at radius 3 is 2.54 bits per heavy atom. The van der Waals surface area contributed by atoms with Gasteiger partial charge >= 0.3 is 0 Å². The predicted molar refractivity (Wildman–Crippen MR) is 106 cm³/mol. The smallest absolute Gasteiger partial charge is 0.137 e. The van der Waals surface area contributed by atoms with E-state index in [1.54, 1.807) is 12.7 Å². The lowest BCUT2D eigenvalue weighted by Crippen LogP contribution is -2.36. The Balaban J connectivity index is 1.23. The molecule has 2 aromatic heterocycles. The van der Waals surface area contributed by atoms with Crippen molar-refractivity contribution in [1.82, 2.24) is 24.6 Å². The lowest BCUT2D eigenvalue weighted by atomic mass is 9.77. The number of hydrogen-bond acceptors (Lipinski definition) is 5. The Morgan fingerprint density at radius 1 is 1.00 bits per heavy atom. The third kappa shape index (κ3) is 3.45. The van der Waals surface area contributed by atoms with Gasteiger partial charge in [-0.1, -0.05) is 30.3 Å². The minimum absolute atomic E-state index is 0.0568. The van der Waals surface area contributed by atoms with Crippen molar-refractivity contribution >= 4 is 0 Å². The highest BCUT2D eigenvalue weighted by Crippen LogP contribution is 2.41. The average molecular weight is 375 g/mol. The molecule has 0 bridgehead atoms. The van der Waals surface area contributed by atoms with Crippen LogP contribution in [0.15, 0.2) is 61.3 Å². The largest absolute Gasteiger partial charge is 0.391 e. The van der Waals surface area contributed by atoms with Gasteiger partial charge in [0, 0.05) is 31.4 Å². The molecule has 0 radical (unpaired) electrons. The van der Waals surface area contributed by atoms with Gasteiger partial charge in [0.2, 0.25) is 0 Å². The number of hydrogen-bond donors (Lipinski definition) is 1. The van der Waals surface area contributed by atoms with Crippen LogP contribution in [-0.4, -0.2) is 48.9 Å². The first kappa shape index (κ1) is 17.5. The maximum Gasteiger partial charge on any atom is 0.137 e. The van der Waals surface area contributed by atoms with Crippen molar-refractivity contribution in [1.29, 1.82) is 0 Å². The monoisotopic (exact) mass is 375 g/mol. The molecule has 1 saturated carbocycles. The fourth-order valence-electron chi connectivity index (χ4n) is 4.88. The summed E-state index contributed by atoms with van der Waals surface area (Å²) in [4.78, 5) is 11.0. The van der Waals surface area contributed by atoms with Crippen LogP contribution < -0.4 is 0 Å². The fourth-order valence-corrected chi connectivity index (χ4v) is 4.88. The molecule has 1 aromatic carbocycles. The van der Waals surface area contributed by atoms with Crippen LogP contribution in [0.4, 0.5) is 0 Å². The Hall–Kier alpha value is -2.57. The normalized spacial score (nSPS) is 27.6. The lowest BCUT2D eigenvalue weighted by molar-refractivity contribution is 0.0304. The van der Waals surface area contributed by atoms with Crippen molar-refractivity contribution in [3.8, 4) is 11.3 Å². The summed E-state index contributed by atoms with van der Waals surface area (Å²) in [6, 6.07) is 14.8. The molecule has 1 aliphatic carbocycles. The van der Waals surface area contributed by atoms with Crippen LogP contribution in [0.1, 0.15) is 24.4 Å². The van der Waals surface area contributed by atoms with Gasteiger partial charge in [0.1, 0.15) is 12.7 Å². The summed E-state index contributed by atoms with van der Waals surface area (Å²) in [5.41, 5.74) is 3.49. The van der Waals surface area contributed by atoms with Gasteiger partial charge in [-0.2, -0.15) is 5.10 Å². The molecule has 144 valence electrons. The molecule has 28 heavy (non-hydrogen) atoms. The maximum atomic E-state index is 10.6. The fraction of sp³-hybridized carbons (Fsp3) is 0.409. The van der Waals surface area contributed by atoms with Gasteiger partial charge in [0.15, 0.2) is 0 Å². The third-order valence-electron chi connectivity index (χ3n) is 6.28. The van der Waals surface area contributed by atoms with E-state index in [0.29, 0.717) is 11.8 Å². The van der Waals surface area contributed by atoms with E-state index >= 15 is 0 Å². The summed E-state index contributed by atoms with van der Waals surface area (Å²) >= 11 is 0. The molecule has 0 spiro atoms. The van der Waals surface area contributed by atoms with Crippen molar-refractivity contribution in [3.63, 3.8) is 0 Å². The molecule has 1 aliphatic heterocycles. The average Bonchev–Trinajstić information content (AvgIpc) is 3.38. The van der Waals surface area contributed by atoms with E-state index in [9.17, 15) is 5.11 Å². The summed E-state index contributed by atoms with van der Waals surface area (Å²) in [7, 11) is 0. The van der Waals surface area contributed by atoms with Gasteiger partial charge in [0.05, 0.1) is 17.8 Å². The molecule has 0 unspecified atom stereocenters.